The van der Waals surface area contributed by atoms with Gasteiger partial charge in [0.05, 0.1) is 45.1 Å². The second-order valence-electron chi connectivity index (χ2n) is 13.9. The van der Waals surface area contributed by atoms with E-state index < -0.39 is 42.5 Å². The van der Waals surface area contributed by atoms with Crippen molar-refractivity contribution in [2.45, 2.75) is 88.3 Å². The second-order valence-corrected chi connectivity index (χ2v) is 13.9. The van der Waals surface area contributed by atoms with E-state index in [-0.39, 0.29) is 45.8 Å². The molecule has 0 aromatic heterocycles. The van der Waals surface area contributed by atoms with Crippen LogP contribution in [0.1, 0.15) is 40.7 Å². The predicted molar refractivity (Wildman–Crippen MR) is 205 cm³/mol. The van der Waals surface area contributed by atoms with Gasteiger partial charge in [-0.05, 0) is 27.8 Å². The summed E-state index contributed by atoms with van der Waals surface area (Å²) in [5, 5.41) is 44.2. The van der Waals surface area contributed by atoms with Crippen LogP contribution < -0.4 is 0 Å². The molecule has 4 N–H and O–H groups in total. The largest absolute Gasteiger partial charge is 0.375 e. The van der Waals surface area contributed by atoms with Crippen LogP contribution in [0, 0.1) is 0 Å². The Morgan fingerprint density at radius 3 is 1.33 bits per heavy atom. The van der Waals surface area contributed by atoms with E-state index in [4.69, 9.17) is 18.9 Å². The fraction of sp³-hybridized carbons (Fsp3) is 0.333. The number of hydrogen-bond acceptors (Lipinski definition) is 9. The average Bonchev–Trinajstić information content (AvgIpc) is 3.20. The van der Waals surface area contributed by atoms with Crippen molar-refractivity contribution < 1.29 is 39.4 Å². The quantitative estimate of drug-likeness (QED) is 0.0760. The number of likely N-dealkylation sites (tertiary alicyclic amines) is 1. The van der Waals surface area contributed by atoms with Crippen LogP contribution in [0.25, 0.3) is 0 Å². The van der Waals surface area contributed by atoms with Crippen LogP contribution in [-0.2, 0) is 51.9 Å². The minimum atomic E-state index is -2.46. The van der Waals surface area contributed by atoms with Gasteiger partial charge in [0.25, 0.3) is 0 Å². The summed E-state index contributed by atoms with van der Waals surface area (Å²) >= 11 is 0. The van der Waals surface area contributed by atoms with Crippen LogP contribution in [0.15, 0.2) is 152 Å². The first-order chi connectivity index (χ1) is 26.4. The van der Waals surface area contributed by atoms with Crippen molar-refractivity contribution >= 4 is 0 Å². The molecule has 1 aliphatic rings. The topological polar surface area (TPSA) is 121 Å². The third-order valence-corrected chi connectivity index (χ3v) is 9.83. The van der Waals surface area contributed by atoms with Crippen LogP contribution >= 0.6 is 0 Å². The van der Waals surface area contributed by atoms with Gasteiger partial charge in [0, 0.05) is 19.4 Å². The average molecular weight is 734 g/mol. The van der Waals surface area contributed by atoms with Gasteiger partial charge in [-0.1, -0.05) is 152 Å². The number of aliphatic hydroxyl groups is 4. The zero-order valence-electron chi connectivity index (χ0n) is 30.4. The monoisotopic (exact) mass is 733 g/mol. The molecule has 1 aliphatic heterocycles. The molecular weight excluding hydrogens is 682 g/mol. The highest BCUT2D eigenvalue weighted by atomic mass is 16.6. The van der Waals surface area contributed by atoms with Crippen molar-refractivity contribution in [3.63, 3.8) is 0 Å². The Morgan fingerprint density at radius 2 is 0.889 bits per heavy atom. The molecule has 9 nitrogen and oxygen atoms in total. The number of piperidine rings is 1. The van der Waals surface area contributed by atoms with Crippen LogP contribution in [0.4, 0.5) is 0 Å². The zero-order chi connectivity index (χ0) is 37.6. The zero-order valence-corrected chi connectivity index (χ0v) is 30.4. The molecule has 0 radical (unpaired) electrons. The first-order valence-corrected chi connectivity index (χ1v) is 18.6. The Hall–Kier alpha value is -4.26. The van der Waals surface area contributed by atoms with Crippen molar-refractivity contribution in [1.82, 2.24) is 4.90 Å². The summed E-state index contributed by atoms with van der Waals surface area (Å²) in [7, 11) is 0. The fourth-order valence-corrected chi connectivity index (χ4v) is 7.14. The molecule has 284 valence electrons. The number of rotatable bonds is 19. The lowest BCUT2D eigenvalue weighted by atomic mass is 9.81. The smallest absolute Gasteiger partial charge is 0.181 e. The molecule has 0 spiro atoms. The van der Waals surface area contributed by atoms with E-state index in [0.717, 1.165) is 27.8 Å². The van der Waals surface area contributed by atoms with Gasteiger partial charge < -0.3 is 39.4 Å². The van der Waals surface area contributed by atoms with Crippen LogP contribution in [0.2, 0.25) is 0 Å². The van der Waals surface area contributed by atoms with Crippen molar-refractivity contribution in [2.75, 3.05) is 6.61 Å². The Morgan fingerprint density at radius 1 is 0.500 bits per heavy atom. The Bertz CT molecular complexity index is 1760. The summed E-state index contributed by atoms with van der Waals surface area (Å²) in [5.74, 6) is -2.46. The molecule has 5 aromatic rings. The van der Waals surface area contributed by atoms with E-state index >= 15 is 0 Å². The minimum Gasteiger partial charge on any atom is -0.375 e. The maximum atomic E-state index is 12.2. The molecule has 5 aromatic carbocycles. The number of ether oxygens (including phenoxy) is 4. The minimum absolute atomic E-state index is 0.158. The fourth-order valence-electron chi connectivity index (χ4n) is 7.14. The Kier molecular flexibility index (Phi) is 14.5. The number of benzene rings is 5. The van der Waals surface area contributed by atoms with Crippen molar-refractivity contribution in [3.8, 4) is 0 Å². The van der Waals surface area contributed by atoms with Gasteiger partial charge >= 0.3 is 0 Å². The highest BCUT2D eigenvalue weighted by Gasteiger charge is 2.57. The number of nitrogens with zero attached hydrogens (tertiary/aromatic N) is 1. The summed E-state index contributed by atoms with van der Waals surface area (Å²) in [6.07, 6.45) is -4.82. The molecule has 0 bridgehead atoms. The summed E-state index contributed by atoms with van der Waals surface area (Å²) in [6.45, 7) is 1.41. The van der Waals surface area contributed by atoms with E-state index in [1.807, 2.05) is 157 Å². The number of hydrogen-bond donors (Lipinski definition) is 4. The summed E-state index contributed by atoms with van der Waals surface area (Å²) < 4.78 is 27.1. The van der Waals surface area contributed by atoms with Gasteiger partial charge in [0.2, 0.25) is 0 Å². The lowest BCUT2D eigenvalue weighted by Crippen LogP contribution is -2.74. The molecule has 0 aliphatic carbocycles. The van der Waals surface area contributed by atoms with Crippen LogP contribution in [0.3, 0.4) is 0 Å². The first kappa shape index (κ1) is 39.4. The number of aliphatic hydroxyl groups excluding tert-OH is 1. The van der Waals surface area contributed by atoms with E-state index in [2.05, 4.69) is 0 Å². The maximum Gasteiger partial charge on any atom is 0.181 e. The normalized spacial score (nSPS) is 20.6. The van der Waals surface area contributed by atoms with Crippen molar-refractivity contribution in [3.05, 3.63) is 179 Å². The van der Waals surface area contributed by atoms with E-state index in [0.29, 0.717) is 6.61 Å². The molecule has 6 rings (SSSR count). The van der Waals surface area contributed by atoms with Gasteiger partial charge in [0.15, 0.2) is 12.1 Å². The first-order valence-electron chi connectivity index (χ1n) is 18.6. The van der Waals surface area contributed by atoms with Crippen molar-refractivity contribution in [1.29, 1.82) is 0 Å². The van der Waals surface area contributed by atoms with E-state index in [1.54, 1.807) is 0 Å². The Balaban J connectivity index is 1.46. The molecule has 9 heteroatoms. The standard InChI is InChI=1S/C45H51NO8/c47-40(48)26-27-45(49,50)44-43(54-32-38-24-14-5-15-25-38)42(53-31-37-22-12-4-13-23-37)41(52-30-36-20-10-3-11-21-36)39(33-51-29-35-18-8-2-9-19-35)46(44)28-34-16-6-1-7-17-34/h1-25,39-44,47-50H,26-33H2. The summed E-state index contributed by atoms with van der Waals surface area (Å²) in [4.78, 5) is 2.00. The lowest BCUT2D eigenvalue weighted by molar-refractivity contribution is -0.303. The maximum absolute atomic E-state index is 12.2. The second kappa shape index (κ2) is 19.9. The van der Waals surface area contributed by atoms with Crippen molar-refractivity contribution in [2.24, 2.45) is 0 Å². The molecular formula is C45H51NO8. The summed E-state index contributed by atoms with van der Waals surface area (Å²) in [6, 6.07) is 47.4. The SMILES string of the molecule is OC(O)CCC(O)(O)C1C(OCc2ccccc2)C(OCc2ccccc2)C(OCc2ccccc2)C(COCc2ccccc2)N1Cc1ccccc1. The van der Waals surface area contributed by atoms with E-state index in [1.165, 1.54) is 0 Å². The molecule has 1 fully saturated rings. The van der Waals surface area contributed by atoms with Gasteiger partial charge in [-0.2, -0.15) is 0 Å². The molecule has 0 saturated carbocycles. The van der Waals surface area contributed by atoms with Crippen LogP contribution in [-0.4, -0.2) is 74.4 Å². The molecule has 0 amide bonds. The highest BCUT2D eigenvalue weighted by Crippen LogP contribution is 2.39. The van der Waals surface area contributed by atoms with Gasteiger partial charge in [-0.15, -0.1) is 0 Å². The van der Waals surface area contributed by atoms with Gasteiger partial charge in [-0.3, -0.25) is 4.90 Å². The Labute approximate surface area is 318 Å². The molecule has 5 unspecified atom stereocenters. The van der Waals surface area contributed by atoms with Gasteiger partial charge in [-0.25, -0.2) is 0 Å². The molecule has 5 atom stereocenters. The van der Waals surface area contributed by atoms with E-state index in [9.17, 15) is 20.4 Å². The summed E-state index contributed by atoms with van der Waals surface area (Å²) in [5.41, 5.74) is 4.73. The highest BCUT2D eigenvalue weighted by molar-refractivity contribution is 5.20. The molecule has 1 heterocycles. The lowest BCUT2D eigenvalue weighted by Gasteiger charge is -2.56. The van der Waals surface area contributed by atoms with Crippen LogP contribution in [0.5, 0.6) is 0 Å². The predicted octanol–water partition coefficient (Wildman–Crippen LogP) is 5.98. The van der Waals surface area contributed by atoms with Gasteiger partial charge in [0.1, 0.15) is 18.3 Å². The molecule has 54 heavy (non-hydrogen) atoms. The third-order valence-electron chi connectivity index (χ3n) is 9.83. The third kappa shape index (κ3) is 11.1. The molecule has 1 saturated heterocycles.